The van der Waals surface area contributed by atoms with Crippen LogP contribution in [0.2, 0.25) is 0 Å². The second kappa shape index (κ2) is 7.71. The number of carbonyl (C=O) groups excluding carboxylic acids is 1. The molecule has 1 atom stereocenters. The van der Waals surface area contributed by atoms with Gasteiger partial charge in [-0.2, -0.15) is 0 Å². The molecule has 2 rings (SSSR count). The second-order valence-electron chi connectivity index (χ2n) is 4.64. The summed E-state index contributed by atoms with van der Waals surface area (Å²) in [6.45, 7) is 3.06. The number of oxazole rings is 2. The van der Waals surface area contributed by atoms with Crippen LogP contribution < -0.4 is 5.73 Å². The average molecular weight is 309 g/mol. The molecule has 0 bridgehead atoms. The molecule has 8 nitrogen and oxygen atoms in total. The standard InChI is InChI=1S/C14H19N3O5/c1-3-4-5-20-6-9(15)12-16-10(7-21-12)13-17-11(8-22-13)14(18)19-2/h7-9H,3-6,15H2,1-2H3. The molecule has 0 aromatic carbocycles. The molecule has 2 aromatic heterocycles. The number of unbranched alkanes of at least 4 members (excludes halogenated alkanes) is 1. The van der Waals surface area contributed by atoms with Crippen molar-refractivity contribution in [1.29, 1.82) is 0 Å². The first-order valence-electron chi connectivity index (χ1n) is 6.98. The molecule has 0 aliphatic heterocycles. The minimum Gasteiger partial charge on any atom is -0.464 e. The highest BCUT2D eigenvalue weighted by atomic mass is 16.5. The Morgan fingerprint density at radius 2 is 2.18 bits per heavy atom. The van der Waals surface area contributed by atoms with Gasteiger partial charge in [0.2, 0.25) is 11.8 Å². The van der Waals surface area contributed by atoms with Crippen LogP contribution in [0.3, 0.4) is 0 Å². The van der Waals surface area contributed by atoms with Gasteiger partial charge in [0.05, 0.1) is 13.7 Å². The zero-order valence-electron chi connectivity index (χ0n) is 12.6. The summed E-state index contributed by atoms with van der Waals surface area (Å²) < 4.78 is 20.5. The van der Waals surface area contributed by atoms with Gasteiger partial charge in [-0.25, -0.2) is 14.8 Å². The quantitative estimate of drug-likeness (QED) is 0.581. The van der Waals surface area contributed by atoms with Gasteiger partial charge in [0.15, 0.2) is 11.4 Å². The Morgan fingerprint density at radius 1 is 1.36 bits per heavy atom. The van der Waals surface area contributed by atoms with Gasteiger partial charge in [-0.05, 0) is 6.42 Å². The molecule has 0 saturated carbocycles. The van der Waals surface area contributed by atoms with Crippen molar-refractivity contribution in [1.82, 2.24) is 9.97 Å². The Kier molecular flexibility index (Phi) is 5.68. The van der Waals surface area contributed by atoms with Crippen molar-refractivity contribution in [3.05, 3.63) is 24.1 Å². The van der Waals surface area contributed by atoms with E-state index in [1.807, 2.05) is 0 Å². The molecular formula is C14H19N3O5. The van der Waals surface area contributed by atoms with E-state index in [1.165, 1.54) is 19.6 Å². The Morgan fingerprint density at radius 3 is 2.91 bits per heavy atom. The molecule has 1 unspecified atom stereocenters. The summed E-state index contributed by atoms with van der Waals surface area (Å²) in [7, 11) is 1.27. The minimum atomic E-state index is -0.584. The van der Waals surface area contributed by atoms with Crippen molar-refractivity contribution in [2.45, 2.75) is 25.8 Å². The summed E-state index contributed by atoms with van der Waals surface area (Å²) in [5.74, 6) is -0.0986. The number of methoxy groups -OCH3 is 1. The van der Waals surface area contributed by atoms with Crippen LogP contribution in [-0.2, 0) is 9.47 Å². The lowest BCUT2D eigenvalue weighted by Gasteiger charge is -2.07. The fourth-order valence-electron chi connectivity index (χ4n) is 1.67. The zero-order valence-corrected chi connectivity index (χ0v) is 12.6. The largest absolute Gasteiger partial charge is 0.464 e. The second-order valence-corrected chi connectivity index (χ2v) is 4.64. The zero-order chi connectivity index (χ0) is 15.9. The molecule has 2 heterocycles. The van der Waals surface area contributed by atoms with E-state index >= 15 is 0 Å². The van der Waals surface area contributed by atoms with Gasteiger partial charge in [-0.15, -0.1) is 0 Å². The lowest BCUT2D eigenvalue weighted by atomic mass is 10.3. The van der Waals surface area contributed by atoms with E-state index in [4.69, 9.17) is 19.3 Å². The highest BCUT2D eigenvalue weighted by Crippen LogP contribution is 2.20. The monoisotopic (exact) mass is 309 g/mol. The maximum absolute atomic E-state index is 11.3. The van der Waals surface area contributed by atoms with E-state index in [0.717, 1.165) is 12.8 Å². The third-order valence-electron chi connectivity index (χ3n) is 2.90. The predicted molar refractivity (Wildman–Crippen MR) is 76.0 cm³/mol. The Labute approximate surface area is 127 Å². The molecule has 2 N–H and O–H groups in total. The topological polar surface area (TPSA) is 114 Å². The van der Waals surface area contributed by atoms with Crippen LogP contribution in [0.5, 0.6) is 0 Å². The van der Waals surface area contributed by atoms with Crippen molar-refractivity contribution in [2.75, 3.05) is 20.3 Å². The maximum atomic E-state index is 11.3. The van der Waals surface area contributed by atoms with E-state index in [1.54, 1.807) is 0 Å². The van der Waals surface area contributed by atoms with Crippen LogP contribution in [0.15, 0.2) is 21.4 Å². The number of nitrogens with zero attached hydrogens (tertiary/aromatic N) is 2. The van der Waals surface area contributed by atoms with Gasteiger partial charge in [0.25, 0.3) is 0 Å². The number of esters is 1. The number of nitrogens with two attached hydrogens (primary N) is 1. The number of ether oxygens (including phenoxy) is 2. The molecule has 0 fully saturated rings. The molecule has 0 amide bonds. The van der Waals surface area contributed by atoms with Crippen molar-refractivity contribution in [3.63, 3.8) is 0 Å². The Bertz CT molecular complexity index is 607. The molecule has 2 aromatic rings. The van der Waals surface area contributed by atoms with Crippen LogP contribution in [0.1, 0.15) is 42.2 Å². The Balaban J connectivity index is 1.98. The molecule has 22 heavy (non-hydrogen) atoms. The number of hydrogen-bond acceptors (Lipinski definition) is 8. The van der Waals surface area contributed by atoms with Crippen LogP contribution in [0, 0.1) is 0 Å². The first-order valence-corrected chi connectivity index (χ1v) is 6.98. The van der Waals surface area contributed by atoms with Crippen molar-refractivity contribution >= 4 is 5.97 Å². The van der Waals surface area contributed by atoms with Crippen LogP contribution >= 0.6 is 0 Å². The van der Waals surface area contributed by atoms with E-state index < -0.39 is 12.0 Å². The van der Waals surface area contributed by atoms with Crippen molar-refractivity contribution in [2.24, 2.45) is 5.73 Å². The van der Waals surface area contributed by atoms with E-state index in [2.05, 4.69) is 21.6 Å². The van der Waals surface area contributed by atoms with Crippen molar-refractivity contribution < 1.29 is 23.1 Å². The number of rotatable bonds is 8. The normalized spacial score (nSPS) is 12.3. The molecule has 8 heteroatoms. The molecule has 0 saturated heterocycles. The number of aromatic nitrogens is 2. The summed E-state index contributed by atoms with van der Waals surface area (Å²) >= 11 is 0. The molecule has 120 valence electrons. The molecule has 0 aliphatic rings. The van der Waals surface area contributed by atoms with Gasteiger partial charge in [0.1, 0.15) is 18.6 Å². The van der Waals surface area contributed by atoms with E-state index in [-0.39, 0.29) is 11.6 Å². The fourth-order valence-corrected chi connectivity index (χ4v) is 1.67. The highest BCUT2D eigenvalue weighted by molar-refractivity contribution is 5.87. The number of carbonyl (C=O) groups is 1. The first kappa shape index (κ1) is 16.2. The molecule has 0 radical (unpaired) electrons. The van der Waals surface area contributed by atoms with Crippen LogP contribution in [-0.4, -0.2) is 36.3 Å². The number of hydrogen-bond donors (Lipinski definition) is 1. The third kappa shape index (κ3) is 3.92. The highest BCUT2D eigenvalue weighted by Gasteiger charge is 2.19. The first-order chi connectivity index (χ1) is 10.7. The van der Waals surface area contributed by atoms with E-state index in [0.29, 0.717) is 24.8 Å². The molecular weight excluding hydrogens is 290 g/mol. The van der Waals surface area contributed by atoms with E-state index in [9.17, 15) is 4.79 Å². The molecule has 0 aliphatic carbocycles. The summed E-state index contributed by atoms with van der Waals surface area (Å²) in [4.78, 5) is 19.5. The SMILES string of the molecule is CCCCOCC(N)c1nc(-c2nc(C(=O)OC)co2)co1. The lowest BCUT2D eigenvalue weighted by Crippen LogP contribution is -2.17. The smallest absolute Gasteiger partial charge is 0.360 e. The fraction of sp³-hybridized carbons (Fsp3) is 0.500. The van der Waals surface area contributed by atoms with Gasteiger partial charge >= 0.3 is 5.97 Å². The minimum absolute atomic E-state index is 0.0641. The van der Waals surface area contributed by atoms with Crippen LogP contribution in [0.4, 0.5) is 0 Å². The lowest BCUT2D eigenvalue weighted by molar-refractivity contribution is 0.0594. The average Bonchev–Trinajstić information content (AvgIpc) is 3.18. The summed E-state index contributed by atoms with van der Waals surface area (Å²) in [5.41, 5.74) is 6.36. The molecule has 0 spiro atoms. The van der Waals surface area contributed by atoms with Gasteiger partial charge in [-0.3, -0.25) is 0 Å². The summed E-state index contributed by atoms with van der Waals surface area (Å²) in [5, 5.41) is 0. The van der Waals surface area contributed by atoms with Gasteiger partial charge < -0.3 is 24.0 Å². The van der Waals surface area contributed by atoms with Gasteiger partial charge in [0, 0.05) is 6.61 Å². The summed E-state index contributed by atoms with van der Waals surface area (Å²) in [6, 6.07) is -0.472. The maximum Gasteiger partial charge on any atom is 0.360 e. The van der Waals surface area contributed by atoms with Gasteiger partial charge in [-0.1, -0.05) is 13.3 Å². The van der Waals surface area contributed by atoms with Crippen LogP contribution in [0.25, 0.3) is 11.6 Å². The third-order valence-corrected chi connectivity index (χ3v) is 2.90. The predicted octanol–water partition coefficient (Wildman–Crippen LogP) is 1.93. The summed E-state index contributed by atoms with van der Waals surface area (Å²) in [6.07, 6.45) is 4.61. The Hall–Kier alpha value is -2.19. The van der Waals surface area contributed by atoms with Crippen molar-refractivity contribution in [3.8, 4) is 11.6 Å².